The van der Waals surface area contributed by atoms with Crippen LogP contribution in [0.25, 0.3) is 11.5 Å². The van der Waals surface area contributed by atoms with Crippen LogP contribution in [-0.4, -0.2) is 78.6 Å². The fourth-order valence-corrected chi connectivity index (χ4v) is 2.76. The number of anilines is 1. The van der Waals surface area contributed by atoms with Crippen LogP contribution in [-0.2, 0) is 11.8 Å². The maximum Gasteiger partial charge on any atom is 0.410 e. The van der Waals surface area contributed by atoms with Crippen LogP contribution >= 0.6 is 0 Å². The summed E-state index contributed by atoms with van der Waals surface area (Å²) in [7, 11) is 1.45. The molecule has 0 spiro atoms. The lowest BCUT2D eigenvalue weighted by atomic mass is 10.2. The highest BCUT2D eigenvalue weighted by molar-refractivity contribution is 5.83. The number of aromatic nitrogens is 5. The van der Waals surface area contributed by atoms with Gasteiger partial charge in [0, 0.05) is 33.2 Å². The summed E-state index contributed by atoms with van der Waals surface area (Å²) in [5.74, 6) is -2.28. The smallest absolute Gasteiger partial charge is 0.410 e. The maximum atomic E-state index is 14.3. The van der Waals surface area contributed by atoms with Crippen LogP contribution in [0.5, 0.6) is 0 Å². The lowest BCUT2D eigenvalue weighted by Gasteiger charge is -2.35. The fourth-order valence-electron chi connectivity index (χ4n) is 2.76. The van der Waals surface area contributed by atoms with Crippen molar-refractivity contribution < 1.29 is 23.8 Å². The Hall–Kier alpha value is -3.31. The van der Waals surface area contributed by atoms with Crippen LogP contribution in [0.1, 0.15) is 31.4 Å². The number of carboxylic acids is 1. The van der Waals surface area contributed by atoms with Crippen LogP contribution in [0.3, 0.4) is 0 Å². The summed E-state index contributed by atoms with van der Waals surface area (Å²) in [6.07, 6.45) is 0.616. The van der Waals surface area contributed by atoms with E-state index >= 15 is 0 Å². The predicted octanol–water partition coefficient (Wildman–Crippen LogP) is 1.17. The number of amides is 1. The van der Waals surface area contributed by atoms with E-state index in [4.69, 9.17) is 9.84 Å². The van der Waals surface area contributed by atoms with Gasteiger partial charge in [0.2, 0.25) is 5.95 Å². The molecule has 3 rings (SSSR count). The van der Waals surface area contributed by atoms with Crippen molar-refractivity contribution in [3.63, 3.8) is 0 Å². The third-order valence-corrected chi connectivity index (χ3v) is 4.11. The Morgan fingerprint density at radius 3 is 2.38 bits per heavy atom. The molecule has 156 valence electrons. The first-order valence-corrected chi connectivity index (χ1v) is 8.95. The van der Waals surface area contributed by atoms with Gasteiger partial charge in [-0.25, -0.2) is 28.6 Å². The molecule has 1 aliphatic heterocycles. The molecule has 2 aromatic rings. The summed E-state index contributed by atoms with van der Waals surface area (Å²) in [6.45, 7) is 7.08. The monoisotopic (exact) mass is 407 g/mol. The Kier molecular flexibility index (Phi) is 5.36. The van der Waals surface area contributed by atoms with Crippen LogP contribution in [0, 0.1) is 5.82 Å². The highest BCUT2D eigenvalue weighted by Crippen LogP contribution is 2.22. The number of hydrogen-bond donors (Lipinski definition) is 1. The average Bonchev–Trinajstić information content (AvgIpc) is 3.03. The Morgan fingerprint density at radius 1 is 1.17 bits per heavy atom. The molecule has 0 atom stereocenters. The molecule has 3 heterocycles. The Bertz CT molecular complexity index is 932. The topological polar surface area (TPSA) is 127 Å². The first-order chi connectivity index (χ1) is 13.5. The van der Waals surface area contributed by atoms with Gasteiger partial charge in [0.1, 0.15) is 11.3 Å². The molecule has 12 heteroatoms. The molecule has 1 fully saturated rings. The number of carboxylic acid groups (broad SMARTS) is 1. The summed E-state index contributed by atoms with van der Waals surface area (Å²) in [5.41, 5.74) is -0.722. The summed E-state index contributed by atoms with van der Waals surface area (Å²) < 4.78 is 20.8. The second kappa shape index (κ2) is 7.60. The molecule has 0 aromatic carbocycles. The van der Waals surface area contributed by atoms with Crippen molar-refractivity contribution in [3.05, 3.63) is 17.8 Å². The van der Waals surface area contributed by atoms with Gasteiger partial charge in [0.25, 0.3) is 5.82 Å². The second-order valence-electron chi connectivity index (χ2n) is 7.51. The first-order valence-electron chi connectivity index (χ1n) is 8.95. The molecule has 0 bridgehead atoms. The van der Waals surface area contributed by atoms with Crippen molar-refractivity contribution in [1.82, 2.24) is 29.6 Å². The number of carbonyl (C=O) groups excluding carboxylic acids is 1. The first kappa shape index (κ1) is 20.4. The van der Waals surface area contributed by atoms with Crippen molar-refractivity contribution in [2.75, 3.05) is 31.1 Å². The maximum absolute atomic E-state index is 14.3. The average molecular weight is 407 g/mol. The third-order valence-electron chi connectivity index (χ3n) is 4.11. The minimum absolute atomic E-state index is 0.0176. The SMILES string of the molecule is Cn1nc(C(=O)O)nc1-c1nc(N2CCN(C(=O)OC(C)(C)C)CC2)ncc1F. The van der Waals surface area contributed by atoms with Gasteiger partial charge >= 0.3 is 12.1 Å². The molecule has 1 N–H and O–H groups in total. The van der Waals surface area contributed by atoms with Crippen LogP contribution in [0.15, 0.2) is 6.20 Å². The van der Waals surface area contributed by atoms with Crippen molar-refractivity contribution in [3.8, 4) is 11.5 Å². The Morgan fingerprint density at radius 2 is 1.83 bits per heavy atom. The molecule has 1 saturated heterocycles. The number of hydrogen-bond acceptors (Lipinski definition) is 8. The number of nitrogens with zero attached hydrogens (tertiary/aromatic N) is 7. The fraction of sp³-hybridized carbons (Fsp3) is 0.529. The predicted molar refractivity (Wildman–Crippen MR) is 99.0 cm³/mol. The minimum Gasteiger partial charge on any atom is -0.475 e. The van der Waals surface area contributed by atoms with E-state index < -0.39 is 29.3 Å². The highest BCUT2D eigenvalue weighted by Gasteiger charge is 2.28. The molecular formula is C17H22FN7O4. The van der Waals surface area contributed by atoms with E-state index in [2.05, 4.69) is 20.1 Å². The van der Waals surface area contributed by atoms with E-state index in [0.29, 0.717) is 26.2 Å². The van der Waals surface area contributed by atoms with E-state index in [9.17, 15) is 14.0 Å². The van der Waals surface area contributed by atoms with Crippen molar-refractivity contribution >= 4 is 18.0 Å². The van der Waals surface area contributed by atoms with Gasteiger partial charge in [-0.15, -0.1) is 5.10 Å². The third kappa shape index (κ3) is 4.58. The zero-order valence-electron chi connectivity index (χ0n) is 16.6. The number of aryl methyl sites for hydroxylation is 1. The summed E-state index contributed by atoms with van der Waals surface area (Å²) in [5, 5.41) is 12.8. The molecule has 0 aliphatic carbocycles. The lowest BCUT2D eigenvalue weighted by molar-refractivity contribution is 0.0240. The molecule has 1 amide bonds. The van der Waals surface area contributed by atoms with E-state index in [1.807, 2.05) is 0 Å². The summed E-state index contributed by atoms with van der Waals surface area (Å²) >= 11 is 0. The molecule has 1 aliphatic rings. The number of halogens is 1. The Balaban J connectivity index is 1.76. The van der Waals surface area contributed by atoms with Gasteiger partial charge < -0.3 is 19.6 Å². The van der Waals surface area contributed by atoms with Crippen molar-refractivity contribution in [2.45, 2.75) is 26.4 Å². The summed E-state index contributed by atoms with van der Waals surface area (Å²) in [4.78, 5) is 38.7. The number of ether oxygens (including phenoxy) is 1. The lowest BCUT2D eigenvalue weighted by Crippen LogP contribution is -2.50. The van der Waals surface area contributed by atoms with E-state index in [0.717, 1.165) is 10.9 Å². The Labute approximate surface area is 166 Å². The minimum atomic E-state index is -1.32. The largest absolute Gasteiger partial charge is 0.475 e. The number of rotatable bonds is 3. The van der Waals surface area contributed by atoms with Gasteiger partial charge in [-0.2, -0.15) is 4.98 Å². The van der Waals surface area contributed by atoms with E-state index in [-0.39, 0.29) is 17.5 Å². The standard InChI is InChI=1S/C17H22FN7O4/c1-17(2,3)29-16(28)25-7-5-24(6-8-25)15-19-9-10(18)11(20-15)13-21-12(14(26)27)22-23(13)4/h9H,5-8H2,1-4H3,(H,26,27). The van der Waals surface area contributed by atoms with Crippen LogP contribution in [0.4, 0.5) is 15.1 Å². The summed E-state index contributed by atoms with van der Waals surface area (Å²) in [6, 6.07) is 0. The van der Waals surface area contributed by atoms with Crippen molar-refractivity contribution in [1.29, 1.82) is 0 Å². The molecule has 0 unspecified atom stereocenters. The zero-order chi connectivity index (χ0) is 21.3. The number of carbonyl (C=O) groups is 2. The van der Waals surface area contributed by atoms with Gasteiger partial charge in [0.05, 0.1) is 6.20 Å². The quantitative estimate of drug-likeness (QED) is 0.797. The number of piperazine rings is 1. The number of aromatic carboxylic acids is 1. The van der Waals surface area contributed by atoms with Gasteiger partial charge in [0.15, 0.2) is 11.6 Å². The van der Waals surface area contributed by atoms with E-state index in [1.54, 1.807) is 30.6 Å². The van der Waals surface area contributed by atoms with E-state index in [1.165, 1.54) is 7.05 Å². The molecule has 0 radical (unpaired) electrons. The van der Waals surface area contributed by atoms with Crippen molar-refractivity contribution in [2.24, 2.45) is 7.05 Å². The highest BCUT2D eigenvalue weighted by atomic mass is 19.1. The zero-order valence-corrected chi connectivity index (χ0v) is 16.6. The molecule has 11 nitrogen and oxygen atoms in total. The van der Waals surface area contributed by atoms with Gasteiger partial charge in [-0.3, -0.25) is 0 Å². The van der Waals surface area contributed by atoms with Gasteiger partial charge in [-0.1, -0.05) is 0 Å². The van der Waals surface area contributed by atoms with Gasteiger partial charge in [-0.05, 0) is 20.8 Å². The molecule has 2 aromatic heterocycles. The van der Waals surface area contributed by atoms with Crippen LogP contribution < -0.4 is 4.90 Å². The second-order valence-corrected chi connectivity index (χ2v) is 7.51. The van der Waals surface area contributed by atoms with Crippen LogP contribution in [0.2, 0.25) is 0 Å². The molecule has 29 heavy (non-hydrogen) atoms. The molecule has 0 saturated carbocycles. The molecular weight excluding hydrogens is 385 g/mol. The normalized spacial score (nSPS) is 14.8.